The number of carboxylic acid groups (broad SMARTS) is 1. The molecule has 0 saturated heterocycles. The molecule has 4 rings (SSSR count). The van der Waals surface area contributed by atoms with Gasteiger partial charge in [0.2, 0.25) is 0 Å². The number of carbonyl (C=O) groups is 1. The average Bonchev–Trinajstić information content (AvgIpc) is 3.20. The first kappa shape index (κ1) is 17.4. The van der Waals surface area contributed by atoms with Crippen LogP contribution in [0.15, 0.2) is 46.7 Å². The highest BCUT2D eigenvalue weighted by atomic mass is 32.1. The molecular formula is C20H17NO5S. The fraction of sp³-hybridized carbons (Fsp3) is 0.200. The molecule has 3 heterocycles. The zero-order valence-electron chi connectivity index (χ0n) is 14.8. The van der Waals surface area contributed by atoms with Crippen molar-refractivity contribution < 1.29 is 19.4 Å². The highest BCUT2D eigenvalue weighted by Crippen LogP contribution is 2.43. The van der Waals surface area contributed by atoms with Gasteiger partial charge in [0, 0.05) is 22.7 Å². The molecule has 0 amide bonds. The van der Waals surface area contributed by atoms with Crippen LogP contribution in [0.1, 0.15) is 26.8 Å². The molecule has 138 valence electrons. The van der Waals surface area contributed by atoms with E-state index in [1.165, 1.54) is 12.3 Å². The van der Waals surface area contributed by atoms with Crippen molar-refractivity contribution in [3.63, 3.8) is 0 Å². The minimum Gasteiger partial charge on any atom is -0.493 e. The van der Waals surface area contributed by atoms with Gasteiger partial charge in [-0.3, -0.25) is 4.79 Å². The Hall–Kier alpha value is -3.06. The smallest absolute Gasteiger partial charge is 0.341 e. The van der Waals surface area contributed by atoms with E-state index < -0.39 is 11.4 Å². The zero-order valence-corrected chi connectivity index (χ0v) is 15.6. The Kier molecular flexibility index (Phi) is 4.24. The highest BCUT2D eigenvalue weighted by molar-refractivity contribution is 7.10. The van der Waals surface area contributed by atoms with Crippen molar-refractivity contribution >= 4 is 17.3 Å². The number of pyridine rings is 1. The summed E-state index contributed by atoms with van der Waals surface area (Å²) in [4.78, 5) is 24.9. The monoisotopic (exact) mass is 383 g/mol. The van der Waals surface area contributed by atoms with E-state index in [1.807, 2.05) is 34.2 Å². The largest absolute Gasteiger partial charge is 0.493 e. The van der Waals surface area contributed by atoms with Crippen molar-refractivity contribution in [3.8, 4) is 22.8 Å². The molecular weight excluding hydrogens is 366 g/mol. The van der Waals surface area contributed by atoms with Gasteiger partial charge in [0.05, 0.1) is 26.0 Å². The van der Waals surface area contributed by atoms with Crippen LogP contribution in [0.4, 0.5) is 0 Å². The molecule has 1 aliphatic heterocycles. The molecule has 0 saturated carbocycles. The van der Waals surface area contributed by atoms with Crippen LogP contribution in [0.25, 0.3) is 11.3 Å². The summed E-state index contributed by atoms with van der Waals surface area (Å²) in [5.41, 5.74) is 1.79. The van der Waals surface area contributed by atoms with Gasteiger partial charge in [0.1, 0.15) is 5.56 Å². The Morgan fingerprint density at radius 1 is 1.22 bits per heavy atom. The van der Waals surface area contributed by atoms with Crippen molar-refractivity contribution in [2.75, 3.05) is 14.2 Å². The summed E-state index contributed by atoms with van der Waals surface area (Å²) >= 11 is 1.60. The van der Waals surface area contributed by atoms with Gasteiger partial charge < -0.3 is 19.1 Å². The molecule has 0 radical (unpaired) electrons. The van der Waals surface area contributed by atoms with Gasteiger partial charge in [0.25, 0.3) is 0 Å². The number of aromatic carboxylic acids is 1. The van der Waals surface area contributed by atoms with Gasteiger partial charge in [-0.15, -0.1) is 11.3 Å². The Morgan fingerprint density at radius 3 is 2.59 bits per heavy atom. The average molecular weight is 383 g/mol. The summed E-state index contributed by atoms with van der Waals surface area (Å²) in [5, 5.41) is 11.4. The van der Waals surface area contributed by atoms with Crippen molar-refractivity contribution in [1.29, 1.82) is 0 Å². The highest BCUT2D eigenvalue weighted by Gasteiger charge is 2.29. The number of carboxylic acids is 1. The van der Waals surface area contributed by atoms with E-state index in [0.29, 0.717) is 23.6 Å². The number of fused-ring (bicyclic) bond motifs is 3. The summed E-state index contributed by atoms with van der Waals surface area (Å²) in [7, 11) is 3.14. The summed E-state index contributed by atoms with van der Waals surface area (Å²) in [6.45, 7) is 0. The zero-order chi connectivity index (χ0) is 19.1. The van der Waals surface area contributed by atoms with Crippen LogP contribution < -0.4 is 14.9 Å². The molecule has 1 unspecified atom stereocenters. The normalized spacial score (nSPS) is 15.0. The molecule has 1 aliphatic rings. The molecule has 0 fully saturated rings. The lowest BCUT2D eigenvalue weighted by atomic mass is 9.91. The van der Waals surface area contributed by atoms with E-state index in [-0.39, 0.29) is 11.6 Å². The maximum Gasteiger partial charge on any atom is 0.341 e. The van der Waals surface area contributed by atoms with E-state index >= 15 is 0 Å². The number of thiophene rings is 1. The molecule has 27 heavy (non-hydrogen) atoms. The quantitative estimate of drug-likeness (QED) is 0.747. The van der Waals surface area contributed by atoms with Gasteiger partial charge in [-0.2, -0.15) is 0 Å². The van der Waals surface area contributed by atoms with Crippen LogP contribution in [-0.2, 0) is 6.42 Å². The molecule has 3 aromatic rings. The number of hydrogen-bond donors (Lipinski definition) is 1. The standard InChI is InChI=1S/C20H17NO5S/c1-25-17-7-11-6-15(19-4-3-5-27-19)21-10-13(20(23)24)16(22)9-14(21)12(11)8-18(17)26-2/h3-5,7-10,15H,6H2,1-2H3,(H,23,24). The lowest BCUT2D eigenvalue weighted by Gasteiger charge is -2.31. The first-order valence-electron chi connectivity index (χ1n) is 8.31. The fourth-order valence-corrected chi connectivity index (χ4v) is 4.36. The van der Waals surface area contributed by atoms with Crippen LogP contribution >= 0.6 is 11.3 Å². The molecule has 1 atom stereocenters. The third kappa shape index (κ3) is 2.80. The van der Waals surface area contributed by atoms with E-state index in [1.54, 1.807) is 25.6 Å². The molecule has 0 spiro atoms. The van der Waals surface area contributed by atoms with E-state index in [4.69, 9.17) is 9.47 Å². The first-order chi connectivity index (χ1) is 13.0. The summed E-state index contributed by atoms with van der Waals surface area (Å²) in [6, 6.07) is 9.05. The third-order valence-electron chi connectivity index (χ3n) is 4.82. The lowest BCUT2D eigenvalue weighted by molar-refractivity contribution is 0.0694. The summed E-state index contributed by atoms with van der Waals surface area (Å²) in [5.74, 6) is -0.0374. The SMILES string of the molecule is COc1cc2c(cc1OC)-c1cc(=O)c(C(=O)O)cn1C(c1cccs1)C2. The molecule has 1 N–H and O–H groups in total. The van der Waals surface area contributed by atoms with Gasteiger partial charge in [-0.05, 0) is 35.6 Å². The predicted octanol–water partition coefficient (Wildman–Crippen LogP) is 3.44. The number of ether oxygens (including phenoxy) is 2. The van der Waals surface area contributed by atoms with Crippen molar-refractivity contribution in [3.05, 3.63) is 68.1 Å². The van der Waals surface area contributed by atoms with Gasteiger partial charge in [0.15, 0.2) is 16.9 Å². The minimum atomic E-state index is -1.22. The maximum absolute atomic E-state index is 12.4. The van der Waals surface area contributed by atoms with Crippen molar-refractivity contribution in [2.24, 2.45) is 0 Å². The third-order valence-corrected chi connectivity index (χ3v) is 5.79. The molecule has 0 aliphatic carbocycles. The topological polar surface area (TPSA) is 77.8 Å². The number of methoxy groups -OCH3 is 2. The van der Waals surface area contributed by atoms with Gasteiger partial charge in [-0.1, -0.05) is 6.07 Å². The summed E-state index contributed by atoms with van der Waals surface area (Å²) in [6.07, 6.45) is 2.11. The number of aromatic nitrogens is 1. The second-order valence-corrected chi connectivity index (χ2v) is 7.23. The van der Waals surface area contributed by atoms with Crippen LogP contribution in [0.2, 0.25) is 0 Å². The van der Waals surface area contributed by atoms with E-state index in [0.717, 1.165) is 16.0 Å². The predicted molar refractivity (Wildman–Crippen MR) is 102 cm³/mol. The Bertz CT molecular complexity index is 1080. The van der Waals surface area contributed by atoms with Crippen molar-refractivity contribution in [1.82, 2.24) is 4.57 Å². The number of hydrogen-bond acceptors (Lipinski definition) is 5. The van der Waals surface area contributed by atoms with Gasteiger partial charge >= 0.3 is 5.97 Å². The van der Waals surface area contributed by atoms with Crippen LogP contribution in [0.5, 0.6) is 11.5 Å². The molecule has 7 heteroatoms. The van der Waals surface area contributed by atoms with Crippen molar-refractivity contribution in [2.45, 2.75) is 12.5 Å². The molecule has 6 nitrogen and oxygen atoms in total. The Morgan fingerprint density at radius 2 is 1.96 bits per heavy atom. The fourth-order valence-electron chi connectivity index (χ4n) is 3.54. The second-order valence-electron chi connectivity index (χ2n) is 6.25. The van der Waals surface area contributed by atoms with Crippen LogP contribution in [-0.4, -0.2) is 29.9 Å². The molecule has 1 aromatic carbocycles. The van der Waals surface area contributed by atoms with Gasteiger partial charge in [-0.25, -0.2) is 4.79 Å². The molecule has 2 aromatic heterocycles. The minimum absolute atomic E-state index is 0.0932. The first-order valence-corrected chi connectivity index (χ1v) is 9.19. The maximum atomic E-state index is 12.4. The number of nitrogens with zero attached hydrogens (tertiary/aromatic N) is 1. The molecule has 0 bridgehead atoms. The number of rotatable bonds is 4. The Labute approximate surface area is 159 Å². The van der Waals surface area contributed by atoms with Crippen LogP contribution in [0.3, 0.4) is 0 Å². The van der Waals surface area contributed by atoms with E-state index in [9.17, 15) is 14.7 Å². The second kappa shape index (κ2) is 6.59. The van der Waals surface area contributed by atoms with E-state index in [2.05, 4.69) is 0 Å². The number of benzene rings is 1. The Balaban J connectivity index is 2.01. The summed E-state index contributed by atoms with van der Waals surface area (Å²) < 4.78 is 12.7. The van der Waals surface area contributed by atoms with Crippen LogP contribution in [0, 0.1) is 0 Å². The lowest BCUT2D eigenvalue weighted by Crippen LogP contribution is -2.25.